The summed E-state index contributed by atoms with van der Waals surface area (Å²) in [6, 6.07) is 6.13. The Balaban J connectivity index is 1.83. The molecule has 0 spiro atoms. The quantitative estimate of drug-likeness (QED) is 0.817. The first-order chi connectivity index (χ1) is 11.0. The summed E-state index contributed by atoms with van der Waals surface area (Å²) in [5.41, 5.74) is 0.673. The van der Waals surface area contributed by atoms with Crippen molar-refractivity contribution in [2.45, 2.75) is 11.0 Å². The molecule has 1 fully saturated rings. The first-order valence-electron chi connectivity index (χ1n) is 6.80. The predicted octanol–water partition coefficient (Wildman–Crippen LogP) is -0.259. The summed E-state index contributed by atoms with van der Waals surface area (Å²) in [5.74, 6) is -1.17. The van der Waals surface area contributed by atoms with Gasteiger partial charge in [-0.3, -0.25) is 0 Å². The summed E-state index contributed by atoms with van der Waals surface area (Å²) < 4.78 is 32.9. The van der Waals surface area contributed by atoms with Crippen LogP contribution in [0.5, 0.6) is 0 Å². The average Bonchev–Trinajstić information content (AvgIpc) is 3.09. The van der Waals surface area contributed by atoms with Crippen LogP contribution in [-0.4, -0.2) is 64.6 Å². The highest BCUT2D eigenvalue weighted by Gasteiger charge is 2.33. The van der Waals surface area contributed by atoms with Gasteiger partial charge in [0.2, 0.25) is 10.0 Å². The lowest BCUT2D eigenvalue weighted by Crippen LogP contribution is -2.48. The second-order valence-corrected chi connectivity index (χ2v) is 6.84. The summed E-state index contributed by atoms with van der Waals surface area (Å²) >= 11 is 0. The Morgan fingerprint density at radius 1 is 1.30 bits per heavy atom. The molecule has 2 heterocycles. The number of carboxylic acid groups (broad SMARTS) is 1. The van der Waals surface area contributed by atoms with Crippen LogP contribution in [0.15, 0.2) is 41.6 Å². The minimum atomic E-state index is -3.77. The minimum Gasteiger partial charge on any atom is -0.479 e. The van der Waals surface area contributed by atoms with Gasteiger partial charge in [0, 0.05) is 6.54 Å². The third kappa shape index (κ3) is 3.09. The average molecular weight is 338 g/mol. The maximum Gasteiger partial charge on any atom is 0.334 e. The van der Waals surface area contributed by atoms with E-state index in [0.29, 0.717) is 5.69 Å². The maximum atomic E-state index is 12.6. The number of benzene rings is 1. The molecule has 1 aliphatic rings. The van der Waals surface area contributed by atoms with E-state index in [1.165, 1.54) is 23.0 Å². The number of sulfonamides is 1. The number of aliphatic carboxylic acids is 1. The van der Waals surface area contributed by atoms with Gasteiger partial charge in [-0.15, -0.1) is 5.10 Å². The van der Waals surface area contributed by atoms with E-state index >= 15 is 0 Å². The molecule has 0 amide bonds. The molecule has 0 saturated carbocycles. The van der Waals surface area contributed by atoms with Crippen molar-refractivity contribution in [3.63, 3.8) is 0 Å². The zero-order valence-electron chi connectivity index (χ0n) is 11.9. The SMILES string of the molecule is O=C(O)[C@@H]1CN(S(=O)(=O)c2ccc(-n3ccnn3)cc2)CCO1. The smallest absolute Gasteiger partial charge is 0.334 e. The molecular formula is C13H14N4O5S. The van der Waals surface area contributed by atoms with Gasteiger partial charge in [0.05, 0.1) is 36.1 Å². The molecule has 0 unspecified atom stereocenters. The molecule has 0 radical (unpaired) electrons. The Kier molecular flexibility index (Phi) is 4.11. The van der Waals surface area contributed by atoms with E-state index in [1.807, 2.05) is 0 Å². The van der Waals surface area contributed by atoms with Crippen LogP contribution < -0.4 is 0 Å². The fourth-order valence-electron chi connectivity index (χ4n) is 2.26. The molecule has 9 nitrogen and oxygen atoms in total. The lowest BCUT2D eigenvalue weighted by Gasteiger charge is -2.30. The van der Waals surface area contributed by atoms with Crippen molar-refractivity contribution in [2.24, 2.45) is 0 Å². The number of aromatic nitrogens is 3. The number of carboxylic acids is 1. The molecule has 2 aromatic rings. The van der Waals surface area contributed by atoms with Gasteiger partial charge in [0.15, 0.2) is 6.10 Å². The van der Waals surface area contributed by atoms with Gasteiger partial charge in [-0.1, -0.05) is 5.21 Å². The van der Waals surface area contributed by atoms with Gasteiger partial charge < -0.3 is 9.84 Å². The molecule has 23 heavy (non-hydrogen) atoms. The Morgan fingerprint density at radius 3 is 2.65 bits per heavy atom. The van der Waals surface area contributed by atoms with E-state index in [1.54, 1.807) is 18.3 Å². The molecule has 1 aromatic carbocycles. The molecular weight excluding hydrogens is 324 g/mol. The summed E-state index contributed by atoms with van der Waals surface area (Å²) in [4.78, 5) is 11.1. The van der Waals surface area contributed by atoms with Crippen LogP contribution in [0.4, 0.5) is 0 Å². The highest BCUT2D eigenvalue weighted by Crippen LogP contribution is 2.20. The molecule has 3 rings (SSSR count). The Morgan fingerprint density at radius 2 is 2.04 bits per heavy atom. The number of hydrogen-bond donors (Lipinski definition) is 1. The number of rotatable bonds is 4. The summed E-state index contributed by atoms with van der Waals surface area (Å²) in [6.07, 6.45) is 2.01. The van der Waals surface area contributed by atoms with E-state index in [0.717, 1.165) is 4.31 Å². The van der Waals surface area contributed by atoms with Gasteiger partial charge in [0.1, 0.15) is 0 Å². The number of nitrogens with zero attached hydrogens (tertiary/aromatic N) is 4. The molecule has 1 aromatic heterocycles. The molecule has 0 aliphatic carbocycles. The van der Waals surface area contributed by atoms with Crippen LogP contribution in [0, 0.1) is 0 Å². The molecule has 122 valence electrons. The van der Waals surface area contributed by atoms with E-state index in [-0.39, 0.29) is 24.6 Å². The van der Waals surface area contributed by atoms with Crippen molar-refractivity contribution >= 4 is 16.0 Å². The molecule has 1 aliphatic heterocycles. The fourth-order valence-corrected chi connectivity index (χ4v) is 3.68. The lowest BCUT2D eigenvalue weighted by atomic mass is 10.3. The molecule has 1 N–H and O–H groups in total. The second-order valence-electron chi connectivity index (χ2n) is 4.90. The number of carbonyl (C=O) groups is 1. The molecule has 1 atom stereocenters. The number of hydrogen-bond acceptors (Lipinski definition) is 6. The topological polar surface area (TPSA) is 115 Å². The van der Waals surface area contributed by atoms with Gasteiger partial charge >= 0.3 is 5.97 Å². The van der Waals surface area contributed by atoms with Crippen molar-refractivity contribution in [1.82, 2.24) is 19.3 Å². The van der Waals surface area contributed by atoms with Crippen molar-refractivity contribution in [2.75, 3.05) is 19.7 Å². The van der Waals surface area contributed by atoms with E-state index in [4.69, 9.17) is 9.84 Å². The maximum absolute atomic E-state index is 12.6. The zero-order chi connectivity index (χ0) is 16.4. The molecule has 0 bridgehead atoms. The third-order valence-electron chi connectivity index (χ3n) is 3.47. The van der Waals surface area contributed by atoms with E-state index < -0.39 is 22.1 Å². The van der Waals surface area contributed by atoms with Gasteiger partial charge in [0.25, 0.3) is 0 Å². The van der Waals surface area contributed by atoms with Crippen LogP contribution in [0.2, 0.25) is 0 Å². The molecule has 10 heteroatoms. The van der Waals surface area contributed by atoms with E-state index in [9.17, 15) is 13.2 Å². The summed E-state index contributed by atoms with van der Waals surface area (Å²) in [5, 5.41) is 16.5. The normalized spacial score (nSPS) is 19.6. The van der Waals surface area contributed by atoms with Crippen LogP contribution >= 0.6 is 0 Å². The van der Waals surface area contributed by atoms with Gasteiger partial charge in [-0.05, 0) is 24.3 Å². The highest BCUT2D eigenvalue weighted by molar-refractivity contribution is 7.89. The van der Waals surface area contributed by atoms with Crippen molar-refractivity contribution in [3.05, 3.63) is 36.7 Å². The van der Waals surface area contributed by atoms with Gasteiger partial charge in [-0.25, -0.2) is 17.9 Å². The predicted molar refractivity (Wildman–Crippen MR) is 77.5 cm³/mol. The first-order valence-corrected chi connectivity index (χ1v) is 8.24. The highest BCUT2D eigenvalue weighted by atomic mass is 32.2. The summed E-state index contributed by atoms with van der Waals surface area (Å²) in [7, 11) is -3.77. The monoisotopic (exact) mass is 338 g/mol. The lowest BCUT2D eigenvalue weighted by molar-refractivity contribution is -0.153. The van der Waals surface area contributed by atoms with Crippen molar-refractivity contribution < 1.29 is 23.1 Å². The minimum absolute atomic E-state index is 0.0488. The standard InChI is InChI=1S/C13H14N4O5S/c18-13(19)12-9-16(7-8-22-12)23(20,21)11-3-1-10(2-4-11)17-6-5-14-15-17/h1-6,12H,7-9H2,(H,18,19)/t12-/m0/s1. The Hall–Kier alpha value is -2.30. The first kappa shape index (κ1) is 15.6. The summed E-state index contributed by atoms with van der Waals surface area (Å²) in [6.45, 7) is -0.0350. The zero-order valence-corrected chi connectivity index (χ0v) is 12.8. The fraction of sp³-hybridized carbons (Fsp3) is 0.308. The van der Waals surface area contributed by atoms with Crippen LogP contribution in [-0.2, 0) is 19.6 Å². The van der Waals surface area contributed by atoms with Crippen molar-refractivity contribution in [3.8, 4) is 5.69 Å². The molecule has 1 saturated heterocycles. The largest absolute Gasteiger partial charge is 0.479 e. The van der Waals surface area contributed by atoms with Gasteiger partial charge in [-0.2, -0.15) is 4.31 Å². The number of morpholine rings is 1. The van der Waals surface area contributed by atoms with Crippen LogP contribution in [0.3, 0.4) is 0 Å². The Labute approximate surface area is 132 Å². The second kappa shape index (κ2) is 6.07. The van der Waals surface area contributed by atoms with Crippen molar-refractivity contribution in [1.29, 1.82) is 0 Å². The number of ether oxygens (including phenoxy) is 1. The third-order valence-corrected chi connectivity index (χ3v) is 5.35. The Bertz CT molecular complexity index is 788. The van der Waals surface area contributed by atoms with E-state index in [2.05, 4.69) is 10.3 Å². The van der Waals surface area contributed by atoms with Crippen LogP contribution in [0.25, 0.3) is 5.69 Å². The van der Waals surface area contributed by atoms with Crippen LogP contribution in [0.1, 0.15) is 0 Å².